The third-order valence-electron chi connectivity index (χ3n) is 3.43. The van der Waals surface area contributed by atoms with Crippen molar-refractivity contribution < 1.29 is 9.18 Å². The standard InChI is InChI=1S/C14H18ClFN2O/c15-5-6-17-7-9-18(10-8-17)14(19)11-12-3-1-2-4-13(12)16/h1-4H,5-11H2. The molecule has 0 radical (unpaired) electrons. The Hall–Kier alpha value is -1.13. The molecule has 0 aliphatic carbocycles. The van der Waals surface area contributed by atoms with Crippen molar-refractivity contribution in [3.05, 3.63) is 35.6 Å². The maximum atomic E-state index is 13.5. The van der Waals surface area contributed by atoms with Crippen molar-refractivity contribution >= 4 is 17.5 Å². The number of alkyl halides is 1. The van der Waals surface area contributed by atoms with E-state index in [2.05, 4.69) is 4.90 Å². The third kappa shape index (κ3) is 3.91. The van der Waals surface area contributed by atoms with Gasteiger partial charge in [-0.25, -0.2) is 4.39 Å². The first-order chi connectivity index (χ1) is 9.20. The zero-order valence-corrected chi connectivity index (χ0v) is 11.6. The van der Waals surface area contributed by atoms with Crippen LogP contribution in [0.4, 0.5) is 4.39 Å². The van der Waals surface area contributed by atoms with Crippen molar-refractivity contribution in [1.82, 2.24) is 9.80 Å². The lowest BCUT2D eigenvalue weighted by atomic mass is 10.1. The first kappa shape index (κ1) is 14.3. The van der Waals surface area contributed by atoms with Crippen LogP contribution in [0.1, 0.15) is 5.56 Å². The minimum absolute atomic E-state index is 0.00405. The molecule has 0 unspecified atom stereocenters. The number of halogens is 2. The second-order valence-electron chi connectivity index (χ2n) is 4.68. The van der Waals surface area contributed by atoms with Gasteiger partial charge >= 0.3 is 0 Å². The van der Waals surface area contributed by atoms with Crippen LogP contribution in [0.2, 0.25) is 0 Å². The lowest BCUT2D eigenvalue weighted by molar-refractivity contribution is -0.132. The van der Waals surface area contributed by atoms with E-state index in [-0.39, 0.29) is 18.1 Å². The molecule has 0 N–H and O–H groups in total. The molecule has 1 amide bonds. The predicted octanol–water partition coefficient (Wildman–Crippen LogP) is 1.75. The van der Waals surface area contributed by atoms with Crippen LogP contribution in [0.5, 0.6) is 0 Å². The summed E-state index contributed by atoms with van der Waals surface area (Å²) in [5, 5.41) is 0. The summed E-state index contributed by atoms with van der Waals surface area (Å²) >= 11 is 5.69. The van der Waals surface area contributed by atoms with Crippen molar-refractivity contribution in [2.24, 2.45) is 0 Å². The quantitative estimate of drug-likeness (QED) is 0.787. The van der Waals surface area contributed by atoms with Gasteiger partial charge in [-0.2, -0.15) is 0 Å². The summed E-state index contributed by atoms with van der Waals surface area (Å²) in [6, 6.07) is 6.44. The van der Waals surface area contributed by atoms with Gasteiger partial charge in [-0.05, 0) is 11.6 Å². The van der Waals surface area contributed by atoms with Crippen LogP contribution in [-0.4, -0.2) is 54.3 Å². The Kier molecular flexibility index (Phi) is 5.16. The average Bonchev–Trinajstić information content (AvgIpc) is 2.42. The molecular formula is C14H18ClFN2O. The Bertz CT molecular complexity index is 433. The predicted molar refractivity (Wildman–Crippen MR) is 73.8 cm³/mol. The monoisotopic (exact) mass is 284 g/mol. The van der Waals surface area contributed by atoms with Gasteiger partial charge in [0, 0.05) is 38.6 Å². The largest absolute Gasteiger partial charge is 0.340 e. The minimum Gasteiger partial charge on any atom is -0.340 e. The molecule has 2 rings (SSSR count). The Morgan fingerprint density at radius 3 is 2.53 bits per heavy atom. The molecule has 1 aromatic rings. The first-order valence-corrected chi connectivity index (χ1v) is 7.03. The number of hydrogen-bond acceptors (Lipinski definition) is 2. The number of benzene rings is 1. The topological polar surface area (TPSA) is 23.6 Å². The van der Waals surface area contributed by atoms with E-state index in [9.17, 15) is 9.18 Å². The van der Waals surface area contributed by atoms with Gasteiger partial charge < -0.3 is 4.90 Å². The SMILES string of the molecule is O=C(Cc1ccccc1F)N1CCN(CCCl)CC1. The molecule has 0 bridgehead atoms. The molecular weight excluding hydrogens is 267 g/mol. The number of carbonyl (C=O) groups excluding carboxylic acids is 1. The fraction of sp³-hybridized carbons (Fsp3) is 0.500. The van der Waals surface area contributed by atoms with Crippen LogP contribution in [0, 0.1) is 5.82 Å². The summed E-state index contributed by atoms with van der Waals surface area (Å²) < 4.78 is 13.5. The van der Waals surface area contributed by atoms with E-state index in [0.717, 1.165) is 19.6 Å². The molecule has 3 nitrogen and oxygen atoms in total. The molecule has 1 fully saturated rings. The normalized spacial score (nSPS) is 16.6. The van der Waals surface area contributed by atoms with Crippen LogP contribution >= 0.6 is 11.6 Å². The summed E-state index contributed by atoms with van der Waals surface area (Å²) in [5.41, 5.74) is 0.468. The maximum Gasteiger partial charge on any atom is 0.227 e. The maximum absolute atomic E-state index is 13.5. The van der Waals surface area contributed by atoms with E-state index in [1.165, 1.54) is 6.07 Å². The van der Waals surface area contributed by atoms with Crippen molar-refractivity contribution in [2.75, 3.05) is 38.6 Å². The lowest BCUT2D eigenvalue weighted by Crippen LogP contribution is -2.49. The highest BCUT2D eigenvalue weighted by atomic mass is 35.5. The highest BCUT2D eigenvalue weighted by Crippen LogP contribution is 2.10. The van der Waals surface area contributed by atoms with Crippen molar-refractivity contribution in [3.63, 3.8) is 0 Å². The van der Waals surface area contributed by atoms with Crippen molar-refractivity contribution in [1.29, 1.82) is 0 Å². The Morgan fingerprint density at radius 2 is 1.89 bits per heavy atom. The molecule has 1 aliphatic rings. The zero-order valence-electron chi connectivity index (χ0n) is 10.8. The van der Waals surface area contributed by atoms with Crippen molar-refractivity contribution in [2.45, 2.75) is 6.42 Å². The highest BCUT2D eigenvalue weighted by molar-refractivity contribution is 6.18. The molecule has 0 atom stereocenters. The van der Waals surface area contributed by atoms with E-state index in [4.69, 9.17) is 11.6 Å². The molecule has 19 heavy (non-hydrogen) atoms. The van der Waals surface area contributed by atoms with Gasteiger partial charge in [-0.15, -0.1) is 11.6 Å². The number of hydrogen-bond donors (Lipinski definition) is 0. The summed E-state index contributed by atoms with van der Waals surface area (Å²) in [4.78, 5) is 16.1. The van der Waals surface area contributed by atoms with E-state index >= 15 is 0 Å². The van der Waals surface area contributed by atoms with Crippen LogP contribution in [0.15, 0.2) is 24.3 Å². The van der Waals surface area contributed by atoms with Crippen molar-refractivity contribution in [3.8, 4) is 0 Å². The van der Waals surface area contributed by atoms with E-state index in [1.54, 1.807) is 23.1 Å². The van der Waals surface area contributed by atoms with Gasteiger partial charge in [-0.3, -0.25) is 9.69 Å². The smallest absolute Gasteiger partial charge is 0.227 e. The second kappa shape index (κ2) is 6.87. The second-order valence-corrected chi connectivity index (χ2v) is 5.06. The summed E-state index contributed by atoms with van der Waals surface area (Å²) in [6.45, 7) is 3.94. The van der Waals surface area contributed by atoms with Crippen LogP contribution < -0.4 is 0 Å². The molecule has 1 heterocycles. The number of rotatable bonds is 4. The molecule has 104 valence electrons. The molecule has 1 aromatic carbocycles. The van der Waals surface area contributed by atoms with E-state index in [1.807, 2.05) is 0 Å². The van der Waals surface area contributed by atoms with Gasteiger partial charge in [-0.1, -0.05) is 18.2 Å². The lowest BCUT2D eigenvalue weighted by Gasteiger charge is -2.34. The van der Waals surface area contributed by atoms with Gasteiger partial charge in [0.15, 0.2) is 0 Å². The van der Waals surface area contributed by atoms with Crippen LogP contribution in [-0.2, 0) is 11.2 Å². The Balaban J connectivity index is 1.87. The minimum atomic E-state index is -0.309. The van der Waals surface area contributed by atoms with Gasteiger partial charge in [0.05, 0.1) is 6.42 Å². The van der Waals surface area contributed by atoms with Gasteiger partial charge in [0.2, 0.25) is 5.91 Å². The number of amides is 1. The fourth-order valence-electron chi connectivity index (χ4n) is 2.26. The highest BCUT2D eigenvalue weighted by Gasteiger charge is 2.21. The molecule has 5 heteroatoms. The van der Waals surface area contributed by atoms with Crippen LogP contribution in [0.3, 0.4) is 0 Å². The number of carbonyl (C=O) groups is 1. The molecule has 0 spiro atoms. The van der Waals surface area contributed by atoms with E-state index in [0.29, 0.717) is 24.5 Å². The first-order valence-electron chi connectivity index (χ1n) is 6.50. The zero-order chi connectivity index (χ0) is 13.7. The van der Waals surface area contributed by atoms with Gasteiger partial charge in [0.25, 0.3) is 0 Å². The Morgan fingerprint density at radius 1 is 1.21 bits per heavy atom. The molecule has 0 aromatic heterocycles. The number of piperazine rings is 1. The van der Waals surface area contributed by atoms with Gasteiger partial charge in [0.1, 0.15) is 5.82 Å². The Labute approximate surface area is 117 Å². The fourth-order valence-corrected chi connectivity index (χ4v) is 2.50. The molecule has 1 aliphatic heterocycles. The molecule has 0 saturated carbocycles. The summed E-state index contributed by atoms with van der Waals surface area (Å²) in [7, 11) is 0. The van der Waals surface area contributed by atoms with Crippen LogP contribution in [0.25, 0.3) is 0 Å². The average molecular weight is 285 g/mol. The molecule has 1 saturated heterocycles. The van der Waals surface area contributed by atoms with E-state index < -0.39 is 0 Å². The summed E-state index contributed by atoms with van der Waals surface area (Å²) in [5.74, 6) is 0.302. The number of nitrogens with zero attached hydrogens (tertiary/aromatic N) is 2. The third-order valence-corrected chi connectivity index (χ3v) is 3.59. The summed E-state index contributed by atoms with van der Waals surface area (Å²) in [6.07, 6.45) is 0.141.